The Bertz CT molecular complexity index is 1520. The Morgan fingerprint density at radius 1 is 0.956 bits per heavy atom. The third kappa shape index (κ3) is 11.4. The van der Waals surface area contributed by atoms with Crippen molar-refractivity contribution in [3.8, 4) is 11.1 Å². The molecule has 1 saturated heterocycles. The van der Waals surface area contributed by atoms with Gasteiger partial charge in [0.25, 0.3) is 5.92 Å². The summed E-state index contributed by atoms with van der Waals surface area (Å²) in [6.07, 6.45) is 9.71. The zero-order valence-electron chi connectivity index (χ0n) is 27.7. The monoisotopic (exact) mass is 615 g/mol. The van der Waals surface area contributed by atoms with Gasteiger partial charge in [0, 0.05) is 48.9 Å². The second-order valence-electron chi connectivity index (χ2n) is 10.6. The fourth-order valence-corrected chi connectivity index (χ4v) is 4.86. The van der Waals surface area contributed by atoms with Crippen LogP contribution in [0.4, 0.5) is 13.2 Å². The predicted octanol–water partition coefficient (Wildman–Crippen LogP) is 10.5. The van der Waals surface area contributed by atoms with E-state index < -0.39 is 5.92 Å². The third-order valence-electron chi connectivity index (χ3n) is 7.14. The lowest BCUT2D eigenvalue weighted by atomic mass is 9.94. The molecule has 0 amide bonds. The Hall–Kier alpha value is -4.16. The zero-order chi connectivity index (χ0) is 33.6. The van der Waals surface area contributed by atoms with Gasteiger partial charge in [-0.2, -0.15) is 0 Å². The van der Waals surface area contributed by atoms with Gasteiger partial charge in [0.15, 0.2) is 0 Å². The second kappa shape index (κ2) is 18.0. The van der Waals surface area contributed by atoms with E-state index in [0.717, 1.165) is 50.2 Å². The van der Waals surface area contributed by atoms with E-state index >= 15 is 0 Å². The van der Waals surface area contributed by atoms with Crippen LogP contribution >= 0.6 is 0 Å². The Balaban J connectivity index is 0.00000169. The zero-order valence-corrected chi connectivity index (χ0v) is 27.7. The second-order valence-corrected chi connectivity index (χ2v) is 10.6. The molecular weight excluding hydrogens is 567 g/mol. The van der Waals surface area contributed by atoms with Crippen LogP contribution in [0.15, 0.2) is 116 Å². The van der Waals surface area contributed by atoms with Crippen molar-refractivity contribution in [1.82, 2.24) is 15.2 Å². The van der Waals surface area contributed by atoms with Crippen LogP contribution in [0, 0.1) is 12.7 Å². The van der Waals surface area contributed by atoms with Gasteiger partial charge in [-0.15, -0.1) is 0 Å². The number of hydrogen-bond donors (Lipinski definition) is 1. The number of aromatic nitrogens is 1. The lowest BCUT2D eigenvalue weighted by Crippen LogP contribution is -2.24. The van der Waals surface area contributed by atoms with Crippen LogP contribution in [-0.4, -0.2) is 28.9 Å². The van der Waals surface area contributed by atoms with E-state index in [0.29, 0.717) is 25.2 Å². The Labute approximate surface area is 268 Å². The molecule has 1 fully saturated rings. The van der Waals surface area contributed by atoms with Crippen molar-refractivity contribution in [3.05, 3.63) is 144 Å². The molecule has 45 heavy (non-hydrogen) atoms. The Kier molecular flexibility index (Phi) is 14.8. The molecule has 0 unspecified atom stereocenters. The Morgan fingerprint density at radius 2 is 1.69 bits per heavy atom. The fraction of sp³-hybridized carbons (Fsp3) is 0.308. The summed E-state index contributed by atoms with van der Waals surface area (Å²) in [5, 5.41) is 3.34. The van der Waals surface area contributed by atoms with Crippen molar-refractivity contribution in [3.63, 3.8) is 0 Å². The molecule has 0 bridgehead atoms. The van der Waals surface area contributed by atoms with Gasteiger partial charge in [-0.25, -0.2) is 13.2 Å². The van der Waals surface area contributed by atoms with Gasteiger partial charge in [0.05, 0.1) is 6.54 Å². The van der Waals surface area contributed by atoms with Gasteiger partial charge in [-0.3, -0.25) is 9.88 Å². The summed E-state index contributed by atoms with van der Waals surface area (Å²) < 4.78 is 40.8. The van der Waals surface area contributed by atoms with Crippen LogP contribution in [0.2, 0.25) is 0 Å². The van der Waals surface area contributed by atoms with E-state index in [4.69, 9.17) is 0 Å². The SMILES string of the molecule is C=C(/C=C\C(=C/C)NC(=C)C(=C)c1cc(-c2cncc(CN3CCC(F)(F)C3)c2)ccc1C)Cc1cccc(F)c1.CC.CC. The highest BCUT2D eigenvalue weighted by atomic mass is 19.3. The number of pyridine rings is 1. The number of aryl methyl sites for hydroxylation is 1. The van der Waals surface area contributed by atoms with E-state index in [2.05, 4.69) is 36.1 Å². The summed E-state index contributed by atoms with van der Waals surface area (Å²) in [5.74, 6) is -2.88. The molecule has 4 rings (SSSR count). The van der Waals surface area contributed by atoms with Crippen molar-refractivity contribution >= 4 is 5.57 Å². The van der Waals surface area contributed by atoms with Crippen molar-refractivity contribution in [2.75, 3.05) is 13.1 Å². The van der Waals surface area contributed by atoms with E-state index in [9.17, 15) is 13.2 Å². The first kappa shape index (κ1) is 37.0. The summed E-state index contributed by atoms with van der Waals surface area (Å²) in [5.41, 5.74) is 8.70. The van der Waals surface area contributed by atoms with Crippen molar-refractivity contribution in [2.24, 2.45) is 0 Å². The summed E-state index contributed by atoms with van der Waals surface area (Å²) in [6, 6.07) is 14.6. The highest BCUT2D eigenvalue weighted by Gasteiger charge is 2.37. The summed E-state index contributed by atoms with van der Waals surface area (Å²) >= 11 is 0. The first-order valence-electron chi connectivity index (χ1n) is 15.6. The maximum absolute atomic E-state index is 13.6. The number of nitrogens with zero attached hydrogens (tertiary/aromatic N) is 2. The van der Waals surface area contributed by atoms with Crippen molar-refractivity contribution < 1.29 is 13.2 Å². The molecule has 0 atom stereocenters. The van der Waals surface area contributed by atoms with Gasteiger partial charge < -0.3 is 5.32 Å². The average molecular weight is 616 g/mol. The number of rotatable bonds is 11. The average Bonchev–Trinajstić information content (AvgIpc) is 3.38. The standard InChI is InChI=1S/C35H36F3N3.2C2H6/c1-6-33(13-10-24(2)16-28-8-7-9-32(36)18-28)40-27(5)26(4)34-19-30(12-11-25(34)3)31-17-29(20-39-21-31)22-41-15-14-35(37,38)23-41;2*1-2/h6-13,17-21,40H,2,4-5,14-16,22-23H2,1,3H3;2*1-2H3/b13-10-,33-6+;;. The molecule has 0 saturated carbocycles. The van der Waals surface area contributed by atoms with Gasteiger partial charge in [-0.05, 0) is 84.0 Å². The number of halogens is 3. The molecule has 1 aromatic heterocycles. The minimum Gasteiger partial charge on any atom is -0.356 e. The number of allylic oxidation sites excluding steroid dienone is 5. The van der Waals surface area contributed by atoms with Crippen molar-refractivity contribution in [1.29, 1.82) is 0 Å². The molecular formula is C39H48F3N3. The minimum atomic E-state index is -2.62. The third-order valence-corrected chi connectivity index (χ3v) is 7.14. The largest absolute Gasteiger partial charge is 0.356 e. The van der Waals surface area contributed by atoms with Gasteiger partial charge in [0.2, 0.25) is 0 Å². The number of alkyl halides is 2. The van der Waals surface area contributed by atoms with Gasteiger partial charge in [0.1, 0.15) is 5.82 Å². The smallest absolute Gasteiger partial charge is 0.261 e. The molecule has 1 aliphatic heterocycles. The highest BCUT2D eigenvalue weighted by molar-refractivity contribution is 5.81. The highest BCUT2D eigenvalue weighted by Crippen LogP contribution is 2.31. The Morgan fingerprint density at radius 3 is 2.33 bits per heavy atom. The molecule has 3 nitrogen and oxygen atoms in total. The molecule has 2 aromatic carbocycles. The number of hydrogen-bond acceptors (Lipinski definition) is 3. The number of likely N-dealkylation sites (tertiary alicyclic amines) is 1. The van der Waals surface area contributed by atoms with E-state index in [1.807, 2.05) is 84.0 Å². The van der Waals surface area contributed by atoms with Crippen LogP contribution in [0.1, 0.15) is 63.3 Å². The van der Waals surface area contributed by atoms with Crippen LogP contribution in [0.5, 0.6) is 0 Å². The first-order chi connectivity index (χ1) is 21.5. The molecule has 3 aromatic rings. The van der Waals surface area contributed by atoms with Crippen LogP contribution in [-0.2, 0) is 13.0 Å². The van der Waals surface area contributed by atoms with Crippen LogP contribution < -0.4 is 5.32 Å². The predicted molar refractivity (Wildman–Crippen MR) is 185 cm³/mol. The molecule has 1 N–H and O–H groups in total. The molecule has 0 spiro atoms. The lowest BCUT2D eigenvalue weighted by molar-refractivity contribution is 0.0115. The summed E-state index contributed by atoms with van der Waals surface area (Å²) in [4.78, 5) is 6.15. The van der Waals surface area contributed by atoms with Crippen LogP contribution in [0.25, 0.3) is 16.7 Å². The molecule has 0 radical (unpaired) electrons. The molecule has 0 aliphatic carbocycles. The summed E-state index contributed by atoms with van der Waals surface area (Å²) in [7, 11) is 0. The first-order valence-corrected chi connectivity index (χ1v) is 15.6. The molecule has 1 aliphatic rings. The van der Waals surface area contributed by atoms with E-state index in [1.165, 1.54) is 12.1 Å². The molecule has 6 heteroatoms. The van der Waals surface area contributed by atoms with Gasteiger partial charge in [-0.1, -0.05) is 89.4 Å². The van der Waals surface area contributed by atoms with E-state index in [-0.39, 0.29) is 18.8 Å². The lowest BCUT2D eigenvalue weighted by Gasteiger charge is -2.17. The molecule has 2 heterocycles. The number of benzene rings is 2. The summed E-state index contributed by atoms with van der Waals surface area (Å²) in [6.45, 7) is 25.2. The maximum atomic E-state index is 13.6. The molecule has 240 valence electrons. The van der Waals surface area contributed by atoms with Gasteiger partial charge >= 0.3 is 0 Å². The van der Waals surface area contributed by atoms with Crippen molar-refractivity contribution in [2.45, 2.75) is 66.9 Å². The number of nitrogens with one attached hydrogen (secondary N) is 1. The fourth-order valence-electron chi connectivity index (χ4n) is 4.86. The van der Waals surface area contributed by atoms with E-state index in [1.54, 1.807) is 23.4 Å². The quantitative estimate of drug-likeness (QED) is 0.218. The normalized spacial score (nSPS) is 14.2. The topological polar surface area (TPSA) is 28.2 Å². The maximum Gasteiger partial charge on any atom is 0.261 e. The minimum absolute atomic E-state index is 0.101. The van der Waals surface area contributed by atoms with Crippen LogP contribution in [0.3, 0.4) is 0 Å².